The summed E-state index contributed by atoms with van der Waals surface area (Å²) in [5.41, 5.74) is 0.230. The predicted octanol–water partition coefficient (Wildman–Crippen LogP) is 3.00. The minimum atomic E-state index is -0.880. The summed E-state index contributed by atoms with van der Waals surface area (Å²) in [5.74, 6) is -1.94. The summed E-state index contributed by atoms with van der Waals surface area (Å²) in [6.07, 6.45) is 0. The minimum absolute atomic E-state index is 0.140. The van der Waals surface area contributed by atoms with Crippen molar-refractivity contribution in [2.24, 2.45) is 0 Å². The lowest BCUT2D eigenvalue weighted by Gasteiger charge is -2.07. The lowest BCUT2D eigenvalue weighted by Crippen LogP contribution is -2.13. The van der Waals surface area contributed by atoms with Gasteiger partial charge in [0.25, 0.3) is 11.6 Å². The largest absolute Gasteiger partial charge is 0.508 e. The van der Waals surface area contributed by atoms with Crippen LogP contribution in [0.2, 0.25) is 0 Å². The highest BCUT2D eigenvalue weighted by Crippen LogP contribution is 2.23. The Bertz CT molecular complexity index is 731. The van der Waals surface area contributed by atoms with Crippen LogP contribution in [0.1, 0.15) is 15.9 Å². The number of nitro groups is 1. The van der Waals surface area contributed by atoms with E-state index in [2.05, 4.69) is 5.32 Å². The maximum absolute atomic E-state index is 13.5. The molecule has 0 aliphatic heterocycles. The molecule has 1 amide bonds. The van der Waals surface area contributed by atoms with E-state index >= 15 is 0 Å². The molecule has 0 aliphatic carbocycles. The molecule has 2 N–H and O–H groups in total. The number of amides is 1. The number of nitrogens with one attached hydrogen (secondary N) is 1. The summed E-state index contributed by atoms with van der Waals surface area (Å²) in [5, 5.41) is 22.3. The SMILES string of the molecule is Cc1ccc(NC(=O)c2ccc(O)cc2F)cc1[N+](=O)[O-]. The van der Waals surface area contributed by atoms with Crippen LogP contribution >= 0.6 is 0 Å². The highest BCUT2D eigenvalue weighted by Gasteiger charge is 2.15. The molecule has 2 aromatic carbocycles. The second kappa shape index (κ2) is 5.58. The molecule has 0 spiro atoms. The quantitative estimate of drug-likeness (QED) is 0.671. The van der Waals surface area contributed by atoms with Crippen molar-refractivity contribution in [1.29, 1.82) is 0 Å². The van der Waals surface area contributed by atoms with Gasteiger partial charge in [-0.25, -0.2) is 4.39 Å². The van der Waals surface area contributed by atoms with Gasteiger partial charge < -0.3 is 10.4 Å². The van der Waals surface area contributed by atoms with E-state index in [0.717, 1.165) is 12.1 Å². The summed E-state index contributed by atoms with van der Waals surface area (Å²) in [6.45, 7) is 1.57. The van der Waals surface area contributed by atoms with E-state index in [4.69, 9.17) is 5.11 Å². The molecule has 21 heavy (non-hydrogen) atoms. The second-order valence-electron chi connectivity index (χ2n) is 4.38. The predicted molar refractivity (Wildman–Crippen MR) is 73.9 cm³/mol. The zero-order valence-electron chi connectivity index (χ0n) is 11.0. The fourth-order valence-electron chi connectivity index (χ4n) is 1.77. The van der Waals surface area contributed by atoms with Gasteiger partial charge in [-0.15, -0.1) is 0 Å². The Morgan fingerprint density at radius 3 is 2.62 bits per heavy atom. The minimum Gasteiger partial charge on any atom is -0.508 e. The maximum atomic E-state index is 13.5. The summed E-state index contributed by atoms with van der Waals surface area (Å²) in [4.78, 5) is 22.2. The summed E-state index contributed by atoms with van der Waals surface area (Å²) >= 11 is 0. The van der Waals surface area contributed by atoms with Crippen LogP contribution in [0.25, 0.3) is 0 Å². The number of hydrogen-bond acceptors (Lipinski definition) is 4. The molecular formula is C14H11FN2O4. The lowest BCUT2D eigenvalue weighted by atomic mass is 10.1. The molecule has 2 rings (SSSR count). The van der Waals surface area contributed by atoms with Gasteiger partial charge in [0.1, 0.15) is 11.6 Å². The van der Waals surface area contributed by atoms with Crippen LogP contribution in [0.15, 0.2) is 36.4 Å². The number of phenols is 1. The van der Waals surface area contributed by atoms with E-state index in [0.29, 0.717) is 5.56 Å². The molecule has 7 heteroatoms. The number of carbonyl (C=O) groups is 1. The Labute approximate surface area is 119 Å². The first kappa shape index (κ1) is 14.4. The normalized spacial score (nSPS) is 10.2. The summed E-state index contributed by atoms with van der Waals surface area (Å²) < 4.78 is 13.5. The molecule has 0 aliphatic rings. The molecule has 6 nitrogen and oxygen atoms in total. The number of aryl methyl sites for hydroxylation is 1. The van der Waals surface area contributed by atoms with Crippen LogP contribution in [0.3, 0.4) is 0 Å². The molecule has 0 saturated carbocycles. The van der Waals surface area contributed by atoms with Crippen molar-refractivity contribution in [2.45, 2.75) is 6.92 Å². The third-order valence-electron chi connectivity index (χ3n) is 2.86. The molecule has 0 atom stereocenters. The van der Waals surface area contributed by atoms with Crippen LogP contribution in [0, 0.1) is 22.9 Å². The van der Waals surface area contributed by atoms with Crippen molar-refractivity contribution >= 4 is 17.3 Å². The van der Waals surface area contributed by atoms with Gasteiger partial charge in [-0.2, -0.15) is 0 Å². The van der Waals surface area contributed by atoms with E-state index in [1.165, 1.54) is 24.3 Å². The van der Waals surface area contributed by atoms with Gasteiger partial charge in [0.2, 0.25) is 0 Å². The number of nitrogens with zero attached hydrogens (tertiary/aromatic N) is 1. The topological polar surface area (TPSA) is 92.5 Å². The number of anilines is 1. The maximum Gasteiger partial charge on any atom is 0.274 e. The fourth-order valence-corrected chi connectivity index (χ4v) is 1.77. The van der Waals surface area contributed by atoms with Crippen LogP contribution in [0.5, 0.6) is 5.75 Å². The summed E-state index contributed by atoms with van der Waals surface area (Å²) in [6, 6.07) is 7.29. The number of halogens is 1. The van der Waals surface area contributed by atoms with Crippen LogP contribution in [0.4, 0.5) is 15.8 Å². The van der Waals surface area contributed by atoms with Gasteiger partial charge in [-0.05, 0) is 25.1 Å². The van der Waals surface area contributed by atoms with E-state index in [-0.39, 0.29) is 22.7 Å². The standard InChI is InChI=1S/C14H11FN2O4/c1-8-2-3-9(6-13(8)17(20)21)16-14(19)11-5-4-10(18)7-12(11)15/h2-7,18H,1H3,(H,16,19). The van der Waals surface area contributed by atoms with E-state index in [1.54, 1.807) is 6.92 Å². The van der Waals surface area contributed by atoms with Gasteiger partial charge in [-0.3, -0.25) is 14.9 Å². The Hall–Kier alpha value is -2.96. The summed E-state index contributed by atoms with van der Waals surface area (Å²) in [7, 11) is 0. The third-order valence-corrected chi connectivity index (χ3v) is 2.86. The van der Waals surface area contributed by atoms with Gasteiger partial charge in [0.05, 0.1) is 10.5 Å². The van der Waals surface area contributed by atoms with Crippen molar-refractivity contribution in [3.05, 3.63) is 63.5 Å². The Morgan fingerprint density at radius 1 is 1.29 bits per heavy atom. The first-order valence-electron chi connectivity index (χ1n) is 5.93. The molecule has 0 unspecified atom stereocenters. The number of phenolic OH excluding ortho intramolecular Hbond substituents is 1. The van der Waals surface area contributed by atoms with Crippen molar-refractivity contribution in [3.8, 4) is 5.75 Å². The molecule has 0 radical (unpaired) electrons. The zero-order chi connectivity index (χ0) is 15.6. The Morgan fingerprint density at radius 2 is 2.00 bits per heavy atom. The highest BCUT2D eigenvalue weighted by molar-refractivity contribution is 6.04. The monoisotopic (exact) mass is 290 g/mol. The average Bonchev–Trinajstić information content (AvgIpc) is 2.40. The first-order valence-corrected chi connectivity index (χ1v) is 5.93. The van der Waals surface area contributed by atoms with Crippen molar-refractivity contribution in [1.82, 2.24) is 0 Å². The molecule has 0 saturated heterocycles. The molecule has 0 fully saturated rings. The smallest absolute Gasteiger partial charge is 0.274 e. The first-order chi connectivity index (χ1) is 9.88. The van der Waals surface area contributed by atoms with Gasteiger partial charge in [0.15, 0.2) is 0 Å². The molecule has 2 aromatic rings. The lowest BCUT2D eigenvalue weighted by molar-refractivity contribution is -0.385. The van der Waals surface area contributed by atoms with Crippen molar-refractivity contribution in [2.75, 3.05) is 5.32 Å². The second-order valence-corrected chi connectivity index (χ2v) is 4.38. The van der Waals surface area contributed by atoms with Crippen molar-refractivity contribution in [3.63, 3.8) is 0 Å². The van der Waals surface area contributed by atoms with Gasteiger partial charge in [0, 0.05) is 23.4 Å². The number of rotatable bonds is 3. The molecule has 0 bridgehead atoms. The van der Waals surface area contributed by atoms with Gasteiger partial charge >= 0.3 is 0 Å². The van der Waals surface area contributed by atoms with Crippen LogP contribution < -0.4 is 5.32 Å². The van der Waals surface area contributed by atoms with Crippen LogP contribution in [-0.2, 0) is 0 Å². The number of hydrogen-bond donors (Lipinski definition) is 2. The Kier molecular flexibility index (Phi) is 3.84. The van der Waals surface area contributed by atoms with E-state index < -0.39 is 16.6 Å². The van der Waals surface area contributed by atoms with E-state index in [1.807, 2.05) is 0 Å². The average molecular weight is 290 g/mol. The Balaban J connectivity index is 2.27. The molecular weight excluding hydrogens is 279 g/mol. The third kappa shape index (κ3) is 3.14. The van der Waals surface area contributed by atoms with E-state index in [9.17, 15) is 19.3 Å². The number of aromatic hydroxyl groups is 1. The number of nitro benzene ring substituents is 1. The van der Waals surface area contributed by atoms with Crippen molar-refractivity contribution < 1.29 is 19.2 Å². The number of carbonyl (C=O) groups excluding carboxylic acids is 1. The molecule has 0 aromatic heterocycles. The number of benzene rings is 2. The van der Waals surface area contributed by atoms with Crippen LogP contribution in [-0.4, -0.2) is 15.9 Å². The fraction of sp³-hybridized carbons (Fsp3) is 0.0714. The van der Waals surface area contributed by atoms with Gasteiger partial charge in [-0.1, -0.05) is 6.07 Å². The zero-order valence-corrected chi connectivity index (χ0v) is 11.0. The highest BCUT2D eigenvalue weighted by atomic mass is 19.1. The molecule has 108 valence electrons. The molecule has 0 heterocycles.